The molecule has 1 aliphatic heterocycles. The molecule has 2 rings (SSSR count). The molecule has 1 aromatic rings. The van der Waals surface area contributed by atoms with Gasteiger partial charge >= 0.3 is 6.09 Å². The average Bonchev–Trinajstić information content (AvgIpc) is 2.55. The second-order valence-corrected chi connectivity index (χ2v) is 7.55. The van der Waals surface area contributed by atoms with Crippen LogP contribution >= 0.6 is 11.6 Å². The Bertz CT molecular complexity index is 682. The SMILES string of the molecule is COc1cc(NC2CCN(C(=O)OC(C)(C)C)CC2)c([N+](=O)[O-])cc1Cl. The fraction of sp³-hybridized carbons (Fsp3) is 0.588. The van der Waals surface area contributed by atoms with Crippen LogP contribution < -0.4 is 10.1 Å². The second kappa shape index (κ2) is 7.99. The third kappa shape index (κ3) is 5.14. The molecule has 1 aromatic carbocycles. The predicted octanol–water partition coefficient (Wildman–Crippen LogP) is 4.07. The van der Waals surface area contributed by atoms with Gasteiger partial charge in [0.2, 0.25) is 0 Å². The third-order valence-corrected chi connectivity index (χ3v) is 4.27. The second-order valence-electron chi connectivity index (χ2n) is 7.15. The summed E-state index contributed by atoms with van der Waals surface area (Å²) < 4.78 is 10.5. The van der Waals surface area contributed by atoms with Crippen molar-refractivity contribution in [2.45, 2.75) is 45.3 Å². The standard InChI is InChI=1S/C17H24ClN3O5/c1-17(2,3)26-16(22)20-7-5-11(6-8-20)19-13-10-15(25-4)12(18)9-14(13)21(23)24/h9-11,19H,5-8H2,1-4H3. The number of ether oxygens (including phenoxy) is 2. The fourth-order valence-electron chi connectivity index (χ4n) is 2.72. The van der Waals surface area contributed by atoms with Crippen molar-refractivity contribution in [3.63, 3.8) is 0 Å². The maximum absolute atomic E-state index is 12.1. The predicted molar refractivity (Wildman–Crippen MR) is 99.1 cm³/mol. The number of likely N-dealkylation sites (tertiary alicyclic amines) is 1. The van der Waals surface area contributed by atoms with Crippen molar-refractivity contribution >= 4 is 29.1 Å². The zero-order chi connectivity index (χ0) is 19.5. The van der Waals surface area contributed by atoms with Crippen LogP contribution in [0.4, 0.5) is 16.2 Å². The summed E-state index contributed by atoms with van der Waals surface area (Å²) in [7, 11) is 1.45. The summed E-state index contributed by atoms with van der Waals surface area (Å²) in [5.74, 6) is 0.367. The molecule has 1 saturated heterocycles. The van der Waals surface area contributed by atoms with E-state index in [1.54, 1.807) is 4.90 Å². The minimum atomic E-state index is -0.535. The quantitative estimate of drug-likeness (QED) is 0.620. The number of nitrogens with one attached hydrogen (secondary N) is 1. The Kier molecular flexibility index (Phi) is 6.17. The molecule has 26 heavy (non-hydrogen) atoms. The highest BCUT2D eigenvalue weighted by molar-refractivity contribution is 6.32. The molecule has 0 bridgehead atoms. The highest BCUT2D eigenvalue weighted by Crippen LogP contribution is 2.36. The van der Waals surface area contributed by atoms with Crippen LogP contribution in [0.1, 0.15) is 33.6 Å². The van der Waals surface area contributed by atoms with Gasteiger partial charge in [0.1, 0.15) is 17.0 Å². The van der Waals surface area contributed by atoms with E-state index in [4.69, 9.17) is 21.1 Å². The molecule has 9 heteroatoms. The van der Waals surface area contributed by atoms with E-state index in [-0.39, 0.29) is 22.8 Å². The minimum absolute atomic E-state index is 0.00160. The number of nitrogens with zero attached hydrogens (tertiary/aromatic N) is 2. The molecule has 0 unspecified atom stereocenters. The van der Waals surface area contributed by atoms with Gasteiger partial charge in [-0.15, -0.1) is 0 Å². The number of hydrogen-bond donors (Lipinski definition) is 1. The molecular formula is C17H24ClN3O5. The monoisotopic (exact) mass is 385 g/mol. The van der Waals surface area contributed by atoms with E-state index in [1.165, 1.54) is 19.2 Å². The molecule has 144 valence electrons. The molecule has 0 aromatic heterocycles. The Hall–Kier alpha value is -2.22. The van der Waals surface area contributed by atoms with Crippen molar-refractivity contribution in [1.82, 2.24) is 4.90 Å². The highest BCUT2D eigenvalue weighted by atomic mass is 35.5. The van der Waals surface area contributed by atoms with E-state index >= 15 is 0 Å². The number of rotatable bonds is 4. The van der Waals surface area contributed by atoms with Gasteiger partial charge in [-0.3, -0.25) is 10.1 Å². The van der Waals surface area contributed by atoms with Crippen molar-refractivity contribution < 1.29 is 19.2 Å². The summed E-state index contributed by atoms with van der Waals surface area (Å²) in [6, 6.07) is 2.80. The number of benzene rings is 1. The minimum Gasteiger partial charge on any atom is -0.495 e. The lowest BCUT2D eigenvalue weighted by Gasteiger charge is -2.34. The molecule has 0 atom stereocenters. The molecule has 1 amide bonds. The van der Waals surface area contributed by atoms with Crippen molar-refractivity contribution in [2.75, 3.05) is 25.5 Å². The van der Waals surface area contributed by atoms with Gasteiger partial charge in [-0.1, -0.05) is 11.6 Å². The normalized spacial score (nSPS) is 15.5. The summed E-state index contributed by atoms with van der Waals surface area (Å²) in [4.78, 5) is 24.6. The maximum atomic E-state index is 12.1. The number of nitro benzene ring substituents is 1. The Morgan fingerprint density at radius 3 is 2.46 bits per heavy atom. The lowest BCUT2D eigenvalue weighted by Crippen LogP contribution is -2.44. The number of piperidine rings is 1. The van der Waals surface area contributed by atoms with Gasteiger partial charge in [-0.25, -0.2) is 4.79 Å². The van der Waals surface area contributed by atoms with Gasteiger partial charge in [0.05, 0.1) is 17.1 Å². The van der Waals surface area contributed by atoms with Gasteiger partial charge in [0.15, 0.2) is 0 Å². The Labute approximate surface area is 157 Å². The Balaban J connectivity index is 2.03. The van der Waals surface area contributed by atoms with E-state index in [1.807, 2.05) is 20.8 Å². The van der Waals surface area contributed by atoms with Gasteiger partial charge in [0, 0.05) is 31.3 Å². The van der Waals surface area contributed by atoms with Crippen LogP contribution in [-0.4, -0.2) is 47.8 Å². The van der Waals surface area contributed by atoms with E-state index in [0.717, 1.165) is 0 Å². The topological polar surface area (TPSA) is 93.9 Å². The Morgan fingerprint density at radius 1 is 1.35 bits per heavy atom. The van der Waals surface area contributed by atoms with Gasteiger partial charge in [-0.2, -0.15) is 0 Å². The van der Waals surface area contributed by atoms with Crippen molar-refractivity contribution in [2.24, 2.45) is 0 Å². The van der Waals surface area contributed by atoms with Crippen molar-refractivity contribution in [3.8, 4) is 5.75 Å². The molecule has 0 aliphatic carbocycles. The molecule has 0 radical (unpaired) electrons. The molecule has 1 fully saturated rings. The number of amides is 1. The van der Waals surface area contributed by atoms with Gasteiger partial charge in [-0.05, 0) is 33.6 Å². The first kappa shape index (κ1) is 20.1. The number of anilines is 1. The highest BCUT2D eigenvalue weighted by Gasteiger charge is 2.28. The zero-order valence-electron chi connectivity index (χ0n) is 15.4. The molecular weight excluding hydrogens is 362 g/mol. The van der Waals surface area contributed by atoms with Crippen molar-refractivity contribution in [3.05, 3.63) is 27.3 Å². The first-order chi connectivity index (χ1) is 12.1. The smallest absolute Gasteiger partial charge is 0.410 e. The molecule has 0 spiro atoms. The first-order valence-corrected chi connectivity index (χ1v) is 8.75. The van der Waals surface area contributed by atoms with Gasteiger partial charge in [0.25, 0.3) is 5.69 Å². The van der Waals surface area contributed by atoms with Crippen LogP contribution in [0.3, 0.4) is 0 Å². The number of halogens is 1. The number of hydrogen-bond acceptors (Lipinski definition) is 6. The molecule has 0 saturated carbocycles. The van der Waals surface area contributed by atoms with Crippen molar-refractivity contribution in [1.29, 1.82) is 0 Å². The van der Waals surface area contributed by atoms with Crippen LogP contribution in [0, 0.1) is 10.1 Å². The fourth-order valence-corrected chi connectivity index (χ4v) is 2.95. The number of methoxy groups -OCH3 is 1. The summed E-state index contributed by atoms with van der Waals surface area (Å²) in [6.45, 7) is 6.51. The summed E-state index contributed by atoms with van der Waals surface area (Å²) in [5.41, 5.74) is -0.288. The van der Waals surface area contributed by atoms with E-state index in [9.17, 15) is 14.9 Å². The lowest BCUT2D eigenvalue weighted by molar-refractivity contribution is -0.384. The lowest BCUT2D eigenvalue weighted by atomic mass is 10.0. The number of carbonyl (C=O) groups excluding carboxylic acids is 1. The van der Waals surface area contributed by atoms with Gasteiger partial charge < -0.3 is 19.7 Å². The van der Waals surface area contributed by atoms with Crippen LogP contribution in [0.25, 0.3) is 0 Å². The maximum Gasteiger partial charge on any atom is 0.410 e. The Morgan fingerprint density at radius 2 is 1.96 bits per heavy atom. The summed E-state index contributed by atoms with van der Waals surface area (Å²) in [5, 5.41) is 14.7. The average molecular weight is 386 g/mol. The van der Waals surface area contributed by atoms with Crippen LogP contribution in [0.15, 0.2) is 12.1 Å². The largest absolute Gasteiger partial charge is 0.495 e. The summed E-state index contributed by atoms with van der Waals surface area (Å²) in [6.07, 6.45) is 0.970. The zero-order valence-corrected chi connectivity index (χ0v) is 16.1. The van der Waals surface area contributed by atoms with E-state index < -0.39 is 10.5 Å². The third-order valence-electron chi connectivity index (χ3n) is 3.97. The molecule has 1 aliphatic rings. The van der Waals surface area contributed by atoms with E-state index in [2.05, 4.69) is 5.32 Å². The summed E-state index contributed by atoms with van der Waals surface area (Å²) >= 11 is 5.98. The van der Waals surface area contributed by atoms with Crippen LogP contribution in [-0.2, 0) is 4.74 Å². The van der Waals surface area contributed by atoms with E-state index in [0.29, 0.717) is 37.4 Å². The van der Waals surface area contributed by atoms with Crippen LogP contribution in [0.5, 0.6) is 5.75 Å². The van der Waals surface area contributed by atoms with Crippen LogP contribution in [0.2, 0.25) is 5.02 Å². The number of nitro groups is 1. The molecule has 1 N–H and O–H groups in total. The molecule has 1 heterocycles. The molecule has 8 nitrogen and oxygen atoms in total. The number of carbonyl (C=O) groups is 1. The first-order valence-electron chi connectivity index (χ1n) is 8.37.